The average molecular weight is 457 g/mol. The smallest absolute Gasteiger partial charge is 0.223 e. The molecule has 4 fully saturated rings. The molecule has 0 spiro atoms. The van der Waals surface area contributed by atoms with Crippen LogP contribution in [-0.4, -0.2) is 64.5 Å². The maximum Gasteiger partial charge on any atom is 0.223 e. The summed E-state index contributed by atoms with van der Waals surface area (Å²) in [6, 6.07) is 0. The van der Waals surface area contributed by atoms with Crippen LogP contribution >= 0.6 is 0 Å². The van der Waals surface area contributed by atoms with Crippen LogP contribution in [0, 0.1) is 59.2 Å². The van der Waals surface area contributed by atoms with Crippen molar-refractivity contribution in [3.63, 3.8) is 0 Å². The van der Waals surface area contributed by atoms with Crippen LogP contribution in [0.1, 0.15) is 12.8 Å². The summed E-state index contributed by atoms with van der Waals surface area (Å²) in [5.41, 5.74) is 0. The first kappa shape index (κ1) is 21.8. The number of allylic oxidation sites excluding steroid dienone is 4. The van der Waals surface area contributed by atoms with E-state index in [-0.39, 0.29) is 23.7 Å². The van der Waals surface area contributed by atoms with Crippen LogP contribution in [0.15, 0.2) is 24.3 Å². The molecule has 8 atom stereocenters. The number of nitrogens with one attached hydrogen (secondary N) is 2. The Kier molecular flexibility index (Phi) is 6.05. The lowest BCUT2D eigenvalue weighted by atomic mass is 10.0. The fourth-order valence-corrected chi connectivity index (χ4v) is 7.55. The highest BCUT2D eigenvalue weighted by Crippen LogP contribution is 2.67. The Morgan fingerprint density at radius 2 is 0.909 bits per heavy atom. The Hall–Kier alpha value is -1.70. The zero-order valence-corrected chi connectivity index (χ0v) is 19.2. The lowest BCUT2D eigenvalue weighted by Gasteiger charge is -2.11. The van der Waals surface area contributed by atoms with Crippen molar-refractivity contribution < 1.29 is 23.8 Å². The lowest BCUT2D eigenvalue weighted by Crippen LogP contribution is -2.31. The molecule has 7 heteroatoms. The first-order valence-corrected chi connectivity index (χ1v) is 12.9. The summed E-state index contributed by atoms with van der Waals surface area (Å²) in [5, 5.41) is 6.05. The minimum Gasteiger partial charge on any atom is -0.377 e. The van der Waals surface area contributed by atoms with Crippen LogP contribution in [-0.2, 0) is 23.8 Å². The topological polar surface area (TPSA) is 85.9 Å². The average Bonchev–Trinajstić information content (AvgIpc) is 3.48. The Balaban J connectivity index is 0.710. The molecule has 0 aliphatic heterocycles. The number of hydrogen-bond acceptors (Lipinski definition) is 5. The molecule has 2 N–H and O–H groups in total. The molecule has 7 nitrogen and oxygen atoms in total. The molecule has 4 bridgehead atoms. The van der Waals surface area contributed by atoms with Crippen molar-refractivity contribution in [2.75, 3.05) is 52.7 Å². The van der Waals surface area contributed by atoms with Gasteiger partial charge >= 0.3 is 0 Å². The molecule has 0 radical (unpaired) electrons. The summed E-state index contributed by atoms with van der Waals surface area (Å²) in [4.78, 5) is 24.6. The highest BCUT2D eigenvalue weighted by molar-refractivity contribution is 5.83. The molecule has 6 aliphatic carbocycles. The molecule has 0 saturated heterocycles. The van der Waals surface area contributed by atoms with E-state index < -0.39 is 0 Å². The standard InChI is InChI=1S/C26H36N2O5/c29-25(23-19-15-1-2-16(13-15)20(19)23)27-5-7-31-9-11-33-12-10-32-8-6-28-26(30)24-21-17-3-4-18(14-17)22(21)24/h1-4,15-24H,5-14H2,(H,27,29)(H,28,30). The van der Waals surface area contributed by atoms with Gasteiger partial charge in [0.05, 0.1) is 39.6 Å². The summed E-state index contributed by atoms with van der Waals surface area (Å²) >= 11 is 0. The van der Waals surface area contributed by atoms with E-state index in [1.54, 1.807) is 0 Å². The molecule has 6 rings (SSSR count). The van der Waals surface area contributed by atoms with Gasteiger partial charge in [0.15, 0.2) is 0 Å². The Morgan fingerprint density at radius 3 is 1.27 bits per heavy atom. The van der Waals surface area contributed by atoms with Crippen molar-refractivity contribution >= 4 is 11.8 Å². The van der Waals surface area contributed by atoms with Gasteiger partial charge in [0.2, 0.25) is 11.8 Å². The van der Waals surface area contributed by atoms with Gasteiger partial charge in [-0.3, -0.25) is 9.59 Å². The number of carbonyl (C=O) groups excluding carboxylic acids is 2. The van der Waals surface area contributed by atoms with E-state index in [1.807, 2.05) is 0 Å². The SMILES string of the molecule is O=C(NCCOCCOCCOCCNC(=O)C1C2C3C=CC(C3)C12)C1C2C3C=CC(C3)C12. The Morgan fingerprint density at radius 1 is 0.576 bits per heavy atom. The number of ether oxygens (including phenoxy) is 3. The van der Waals surface area contributed by atoms with Gasteiger partial charge in [0.1, 0.15) is 0 Å². The Labute approximate surface area is 195 Å². The van der Waals surface area contributed by atoms with Crippen molar-refractivity contribution in [3.05, 3.63) is 24.3 Å². The van der Waals surface area contributed by atoms with Gasteiger partial charge in [-0.15, -0.1) is 0 Å². The summed E-state index contributed by atoms with van der Waals surface area (Å²) in [7, 11) is 0. The van der Waals surface area contributed by atoms with E-state index in [2.05, 4.69) is 34.9 Å². The molecule has 0 heterocycles. The van der Waals surface area contributed by atoms with Crippen LogP contribution < -0.4 is 10.6 Å². The molecule has 2 amide bonds. The van der Waals surface area contributed by atoms with Gasteiger partial charge in [-0.25, -0.2) is 0 Å². The van der Waals surface area contributed by atoms with E-state index in [9.17, 15) is 9.59 Å². The maximum atomic E-state index is 12.3. The monoisotopic (exact) mass is 456 g/mol. The quantitative estimate of drug-likeness (QED) is 0.305. The van der Waals surface area contributed by atoms with Crippen molar-refractivity contribution in [3.8, 4) is 0 Å². The molecule has 6 aliphatic rings. The fourth-order valence-electron chi connectivity index (χ4n) is 7.55. The molecule has 0 aromatic heterocycles. The van der Waals surface area contributed by atoms with Gasteiger partial charge < -0.3 is 24.8 Å². The molecule has 0 aromatic carbocycles. The minimum absolute atomic E-state index is 0.209. The summed E-state index contributed by atoms with van der Waals surface area (Å²) in [6.45, 7) is 4.19. The second-order valence-corrected chi connectivity index (χ2v) is 10.7. The molecular formula is C26H36N2O5. The van der Waals surface area contributed by atoms with Crippen molar-refractivity contribution in [2.24, 2.45) is 59.2 Å². The number of fused-ring (bicyclic) bond motifs is 10. The minimum atomic E-state index is 0.209. The van der Waals surface area contributed by atoms with Crippen LogP contribution in [0.25, 0.3) is 0 Å². The third kappa shape index (κ3) is 4.17. The van der Waals surface area contributed by atoms with Gasteiger partial charge in [-0.05, 0) is 60.2 Å². The van der Waals surface area contributed by atoms with Crippen molar-refractivity contribution in [1.29, 1.82) is 0 Å². The van der Waals surface area contributed by atoms with Crippen LogP contribution in [0.3, 0.4) is 0 Å². The van der Waals surface area contributed by atoms with E-state index >= 15 is 0 Å². The summed E-state index contributed by atoms with van der Waals surface area (Å²) in [6.07, 6.45) is 11.8. The molecular weight excluding hydrogens is 420 g/mol. The van der Waals surface area contributed by atoms with E-state index in [4.69, 9.17) is 14.2 Å². The van der Waals surface area contributed by atoms with Crippen molar-refractivity contribution in [2.45, 2.75) is 12.8 Å². The van der Waals surface area contributed by atoms with Crippen LogP contribution in [0.4, 0.5) is 0 Å². The highest BCUT2D eigenvalue weighted by Gasteiger charge is 2.66. The predicted molar refractivity (Wildman–Crippen MR) is 121 cm³/mol. The first-order valence-electron chi connectivity index (χ1n) is 12.9. The Bertz CT molecular complexity index is 725. The highest BCUT2D eigenvalue weighted by atomic mass is 16.5. The zero-order valence-electron chi connectivity index (χ0n) is 19.2. The van der Waals surface area contributed by atoms with Gasteiger partial charge in [0.25, 0.3) is 0 Å². The van der Waals surface area contributed by atoms with Gasteiger partial charge in [-0.2, -0.15) is 0 Å². The molecule has 4 saturated carbocycles. The molecule has 8 unspecified atom stereocenters. The number of carbonyl (C=O) groups is 2. The van der Waals surface area contributed by atoms with E-state index in [0.717, 1.165) is 0 Å². The summed E-state index contributed by atoms with van der Waals surface area (Å²) in [5.74, 6) is 5.95. The second kappa shape index (κ2) is 9.16. The van der Waals surface area contributed by atoms with Gasteiger partial charge in [0, 0.05) is 24.9 Å². The van der Waals surface area contributed by atoms with Crippen molar-refractivity contribution in [1.82, 2.24) is 10.6 Å². The van der Waals surface area contributed by atoms with E-state index in [0.29, 0.717) is 100 Å². The summed E-state index contributed by atoms with van der Waals surface area (Å²) < 4.78 is 16.6. The second-order valence-electron chi connectivity index (χ2n) is 10.7. The normalized spacial score (nSPS) is 41.8. The largest absolute Gasteiger partial charge is 0.377 e. The number of hydrogen-bond donors (Lipinski definition) is 2. The zero-order chi connectivity index (χ0) is 22.4. The molecule has 180 valence electrons. The fraction of sp³-hybridized carbons (Fsp3) is 0.769. The van der Waals surface area contributed by atoms with Crippen LogP contribution in [0.2, 0.25) is 0 Å². The number of rotatable bonds is 14. The van der Waals surface area contributed by atoms with Gasteiger partial charge in [-0.1, -0.05) is 24.3 Å². The first-order chi connectivity index (χ1) is 16.2. The predicted octanol–water partition coefficient (Wildman–Crippen LogP) is 1.40. The maximum absolute atomic E-state index is 12.3. The van der Waals surface area contributed by atoms with E-state index in [1.165, 1.54) is 12.8 Å². The lowest BCUT2D eigenvalue weighted by molar-refractivity contribution is -0.124. The third-order valence-electron chi connectivity index (χ3n) is 8.98. The third-order valence-corrected chi connectivity index (χ3v) is 8.98. The van der Waals surface area contributed by atoms with Crippen LogP contribution in [0.5, 0.6) is 0 Å². The molecule has 0 aromatic rings. The molecule has 33 heavy (non-hydrogen) atoms. The number of amides is 2.